The van der Waals surface area contributed by atoms with Gasteiger partial charge >= 0.3 is 0 Å². The standard InChI is InChI=1S/C9H13NOS2/c1-7-4-5-9(6-8(7)2)13(11,12)10-3/h4-6,10H,1-3H3. The zero-order valence-corrected chi connectivity index (χ0v) is 9.59. The molecular formula is C9H13NOS2. The quantitative estimate of drug-likeness (QED) is 0.811. The Balaban J connectivity index is 3.27. The first-order valence-electron chi connectivity index (χ1n) is 3.98. The molecule has 0 aliphatic carbocycles. The fourth-order valence-corrected chi connectivity index (χ4v) is 2.12. The van der Waals surface area contributed by atoms with Crippen molar-refractivity contribution in [3.8, 4) is 0 Å². The highest BCUT2D eigenvalue weighted by atomic mass is 32.8. The first-order valence-corrected chi connectivity index (χ1v) is 6.46. The molecule has 1 N–H and O–H groups in total. The van der Waals surface area contributed by atoms with Crippen molar-refractivity contribution in [2.24, 2.45) is 0 Å². The summed E-state index contributed by atoms with van der Waals surface area (Å²) in [6, 6.07) is 5.63. The summed E-state index contributed by atoms with van der Waals surface area (Å²) in [6.45, 7) is 4.00. The lowest BCUT2D eigenvalue weighted by Crippen LogP contribution is -2.17. The van der Waals surface area contributed by atoms with Crippen molar-refractivity contribution in [2.45, 2.75) is 18.7 Å². The summed E-state index contributed by atoms with van der Waals surface area (Å²) in [6.07, 6.45) is 0. The molecule has 1 aromatic carbocycles. The number of rotatable bonds is 2. The highest BCUT2D eigenvalue weighted by Crippen LogP contribution is 2.14. The normalized spacial score (nSPS) is 15.3. The van der Waals surface area contributed by atoms with Crippen LogP contribution in [0.15, 0.2) is 23.1 Å². The molecule has 1 rings (SSSR count). The third-order valence-corrected chi connectivity index (χ3v) is 4.55. The van der Waals surface area contributed by atoms with E-state index in [0.717, 1.165) is 5.56 Å². The van der Waals surface area contributed by atoms with Gasteiger partial charge in [0, 0.05) is 11.2 Å². The van der Waals surface area contributed by atoms with E-state index in [1.54, 1.807) is 7.05 Å². The van der Waals surface area contributed by atoms with Gasteiger partial charge in [-0.1, -0.05) is 6.07 Å². The fourth-order valence-electron chi connectivity index (χ4n) is 0.999. The highest BCUT2D eigenvalue weighted by Gasteiger charge is 2.07. The Bertz CT molecular complexity index is 410. The molecule has 0 heterocycles. The smallest absolute Gasteiger partial charge is 0.118 e. The highest BCUT2D eigenvalue weighted by molar-refractivity contribution is 8.31. The van der Waals surface area contributed by atoms with Gasteiger partial charge in [-0.2, -0.15) is 0 Å². The minimum Gasteiger partial charge on any atom is -0.236 e. The minimum atomic E-state index is -2.45. The van der Waals surface area contributed by atoms with Crippen molar-refractivity contribution in [1.82, 2.24) is 4.72 Å². The first kappa shape index (κ1) is 10.6. The maximum absolute atomic E-state index is 11.7. The van der Waals surface area contributed by atoms with Gasteiger partial charge in [-0.25, -0.2) is 8.93 Å². The summed E-state index contributed by atoms with van der Waals surface area (Å²) < 4.78 is 14.4. The van der Waals surface area contributed by atoms with Gasteiger partial charge in [0.1, 0.15) is 8.68 Å². The number of aryl methyl sites for hydroxylation is 2. The van der Waals surface area contributed by atoms with Crippen LogP contribution in [0.1, 0.15) is 11.1 Å². The summed E-state index contributed by atoms with van der Waals surface area (Å²) in [4.78, 5) is 0.688. The van der Waals surface area contributed by atoms with Crippen molar-refractivity contribution < 1.29 is 4.21 Å². The number of hydrogen-bond donors (Lipinski definition) is 1. The van der Waals surface area contributed by atoms with Crippen molar-refractivity contribution in [1.29, 1.82) is 0 Å². The summed E-state index contributed by atoms with van der Waals surface area (Å²) in [7, 11) is -0.839. The van der Waals surface area contributed by atoms with Crippen LogP contribution in [0.5, 0.6) is 0 Å². The van der Waals surface area contributed by atoms with Gasteiger partial charge in [0.2, 0.25) is 0 Å². The lowest BCUT2D eigenvalue weighted by molar-refractivity contribution is 0.676. The van der Waals surface area contributed by atoms with Crippen molar-refractivity contribution >= 4 is 19.9 Å². The second kappa shape index (κ2) is 3.74. The third-order valence-electron chi connectivity index (χ3n) is 2.06. The van der Waals surface area contributed by atoms with Crippen LogP contribution in [0.4, 0.5) is 0 Å². The molecule has 2 nitrogen and oxygen atoms in total. The van der Waals surface area contributed by atoms with Crippen LogP contribution in [0.3, 0.4) is 0 Å². The lowest BCUT2D eigenvalue weighted by atomic mass is 10.1. The Hall–Kier alpha value is -0.450. The second-order valence-electron chi connectivity index (χ2n) is 2.95. The van der Waals surface area contributed by atoms with Crippen LogP contribution in [0.25, 0.3) is 0 Å². The van der Waals surface area contributed by atoms with Gasteiger partial charge in [0.05, 0.1) is 4.90 Å². The van der Waals surface area contributed by atoms with Crippen LogP contribution in [0, 0.1) is 13.8 Å². The van der Waals surface area contributed by atoms with E-state index in [-0.39, 0.29) is 0 Å². The van der Waals surface area contributed by atoms with E-state index in [4.69, 9.17) is 11.2 Å². The molecule has 0 amide bonds. The van der Waals surface area contributed by atoms with Gasteiger partial charge in [-0.15, -0.1) is 0 Å². The average Bonchev–Trinajstić information content (AvgIpc) is 2.09. The summed E-state index contributed by atoms with van der Waals surface area (Å²) in [5, 5.41) is 0. The monoisotopic (exact) mass is 215 g/mol. The SMILES string of the molecule is CNS(=O)(=S)c1ccc(C)c(C)c1. The Morgan fingerprint density at radius 3 is 2.38 bits per heavy atom. The Morgan fingerprint density at radius 1 is 1.31 bits per heavy atom. The summed E-state index contributed by atoms with van der Waals surface area (Å²) in [5.41, 5.74) is 2.30. The Labute approximate surface area is 84.2 Å². The minimum absolute atomic E-state index is 0.688. The fraction of sp³-hybridized carbons (Fsp3) is 0.333. The largest absolute Gasteiger partial charge is 0.236 e. The summed E-state index contributed by atoms with van der Waals surface area (Å²) >= 11 is 4.93. The summed E-state index contributed by atoms with van der Waals surface area (Å²) in [5.74, 6) is 0. The first-order chi connectivity index (χ1) is 5.97. The molecule has 0 aliphatic heterocycles. The Morgan fingerprint density at radius 2 is 1.92 bits per heavy atom. The molecule has 0 fully saturated rings. The average molecular weight is 215 g/mol. The topological polar surface area (TPSA) is 29.1 Å². The van der Waals surface area contributed by atoms with E-state index in [1.807, 2.05) is 32.0 Å². The molecule has 0 saturated carbocycles. The van der Waals surface area contributed by atoms with E-state index in [2.05, 4.69) is 4.72 Å². The molecule has 4 heteroatoms. The van der Waals surface area contributed by atoms with Gasteiger partial charge < -0.3 is 0 Å². The van der Waals surface area contributed by atoms with Crippen molar-refractivity contribution in [3.05, 3.63) is 29.3 Å². The van der Waals surface area contributed by atoms with Crippen LogP contribution >= 0.6 is 0 Å². The lowest BCUT2D eigenvalue weighted by Gasteiger charge is -2.07. The van der Waals surface area contributed by atoms with Gasteiger partial charge in [0.15, 0.2) is 0 Å². The van der Waals surface area contributed by atoms with Crippen LogP contribution in [0.2, 0.25) is 0 Å². The maximum Gasteiger partial charge on any atom is 0.118 e. The predicted molar refractivity (Wildman–Crippen MR) is 58.7 cm³/mol. The second-order valence-corrected chi connectivity index (χ2v) is 6.25. The maximum atomic E-state index is 11.7. The zero-order chi connectivity index (χ0) is 10.1. The Kier molecular flexibility index (Phi) is 3.05. The molecule has 0 saturated heterocycles. The molecule has 0 aromatic heterocycles. The molecule has 0 bridgehead atoms. The number of nitrogens with one attached hydrogen (secondary N) is 1. The van der Waals surface area contributed by atoms with Crippen LogP contribution in [-0.2, 0) is 19.9 Å². The van der Waals surface area contributed by atoms with Crippen LogP contribution < -0.4 is 4.72 Å². The molecular weight excluding hydrogens is 202 g/mol. The molecule has 0 spiro atoms. The molecule has 1 atom stereocenters. The van der Waals surface area contributed by atoms with E-state index in [1.165, 1.54) is 5.56 Å². The van der Waals surface area contributed by atoms with Gasteiger partial charge in [-0.05, 0) is 44.2 Å². The van der Waals surface area contributed by atoms with Crippen LogP contribution in [-0.4, -0.2) is 11.3 Å². The van der Waals surface area contributed by atoms with E-state index < -0.39 is 8.68 Å². The van der Waals surface area contributed by atoms with Crippen molar-refractivity contribution in [3.63, 3.8) is 0 Å². The molecule has 1 aromatic rings. The van der Waals surface area contributed by atoms with E-state index in [9.17, 15) is 4.21 Å². The van der Waals surface area contributed by atoms with Gasteiger partial charge in [0.25, 0.3) is 0 Å². The molecule has 72 valence electrons. The number of hydrogen-bond acceptors (Lipinski definition) is 2. The molecule has 13 heavy (non-hydrogen) atoms. The van der Waals surface area contributed by atoms with E-state index >= 15 is 0 Å². The van der Waals surface area contributed by atoms with Crippen molar-refractivity contribution in [2.75, 3.05) is 7.05 Å². The molecule has 0 radical (unpaired) electrons. The molecule has 0 aliphatic rings. The predicted octanol–water partition coefficient (Wildman–Crippen LogP) is 1.54. The third kappa shape index (κ3) is 2.27. The zero-order valence-electron chi connectivity index (χ0n) is 7.96. The van der Waals surface area contributed by atoms with Gasteiger partial charge in [-0.3, -0.25) is 0 Å². The molecule has 1 unspecified atom stereocenters. The number of benzene rings is 1. The van der Waals surface area contributed by atoms with E-state index in [0.29, 0.717) is 4.90 Å².